The van der Waals surface area contributed by atoms with Crippen LogP contribution in [-0.4, -0.2) is 33.9 Å². The van der Waals surface area contributed by atoms with Crippen LogP contribution < -0.4 is 9.46 Å². The summed E-state index contributed by atoms with van der Waals surface area (Å²) in [5.74, 6) is 0.458. The molecule has 0 aliphatic carbocycles. The fourth-order valence-electron chi connectivity index (χ4n) is 1.31. The summed E-state index contributed by atoms with van der Waals surface area (Å²) in [7, 11) is 0.777. The molecule has 1 aromatic carbocycles. The van der Waals surface area contributed by atoms with Gasteiger partial charge in [-0.2, -0.15) is 12.7 Å². The third-order valence-corrected chi connectivity index (χ3v) is 3.82. The third-order valence-electron chi connectivity index (χ3n) is 2.16. The fourth-order valence-corrected chi connectivity index (χ4v) is 2.19. The predicted octanol–water partition coefficient (Wildman–Crippen LogP) is 1.88. The van der Waals surface area contributed by atoms with E-state index in [0.29, 0.717) is 16.5 Å². The summed E-state index contributed by atoms with van der Waals surface area (Å²) < 4.78 is 32.0. The topological polar surface area (TPSA) is 58.6 Å². The Hall–Kier alpha value is -0.980. The van der Waals surface area contributed by atoms with Crippen LogP contribution in [0.5, 0.6) is 5.75 Å². The van der Waals surface area contributed by atoms with Crippen molar-refractivity contribution in [2.75, 3.05) is 25.9 Å². The van der Waals surface area contributed by atoms with E-state index in [-0.39, 0.29) is 0 Å². The van der Waals surface area contributed by atoms with E-state index >= 15 is 0 Å². The Kier molecular flexibility index (Phi) is 4.24. The first-order chi connectivity index (χ1) is 7.77. The monoisotopic (exact) mass is 278 g/mol. The Morgan fingerprint density at radius 1 is 1.35 bits per heavy atom. The van der Waals surface area contributed by atoms with E-state index in [2.05, 4.69) is 4.72 Å². The van der Waals surface area contributed by atoms with Crippen LogP contribution >= 0.6 is 11.6 Å². The van der Waals surface area contributed by atoms with Crippen molar-refractivity contribution in [3.8, 4) is 5.75 Å². The van der Waals surface area contributed by atoms with Crippen molar-refractivity contribution in [3.05, 3.63) is 22.7 Å². The Labute approximate surface area is 107 Å². The molecule has 0 atom stereocenters. The van der Waals surface area contributed by atoms with Crippen LogP contribution in [0.3, 0.4) is 0 Å². The Bertz CT molecular complexity index is 515. The van der Waals surface area contributed by atoms with Gasteiger partial charge in [0, 0.05) is 19.1 Å². The van der Waals surface area contributed by atoms with Gasteiger partial charge < -0.3 is 4.74 Å². The molecule has 7 heteroatoms. The van der Waals surface area contributed by atoms with E-state index in [1.165, 1.54) is 27.3 Å². The van der Waals surface area contributed by atoms with Crippen LogP contribution in [0, 0.1) is 6.92 Å². The van der Waals surface area contributed by atoms with Gasteiger partial charge in [-0.15, -0.1) is 0 Å². The fraction of sp³-hybridized carbons (Fsp3) is 0.400. The van der Waals surface area contributed by atoms with Crippen LogP contribution in [-0.2, 0) is 10.2 Å². The van der Waals surface area contributed by atoms with Crippen molar-refractivity contribution in [1.29, 1.82) is 0 Å². The summed E-state index contributed by atoms with van der Waals surface area (Å²) in [5.41, 5.74) is 1.09. The number of aryl methyl sites for hydroxylation is 1. The number of anilines is 1. The molecule has 0 saturated carbocycles. The van der Waals surface area contributed by atoms with E-state index in [9.17, 15) is 8.42 Å². The number of ether oxygens (including phenoxy) is 1. The van der Waals surface area contributed by atoms with Gasteiger partial charge in [0.15, 0.2) is 0 Å². The number of rotatable bonds is 4. The van der Waals surface area contributed by atoms with Crippen LogP contribution in [0.1, 0.15) is 5.56 Å². The lowest BCUT2D eigenvalue weighted by molar-refractivity contribution is 0.413. The zero-order valence-electron chi connectivity index (χ0n) is 10.1. The molecule has 0 heterocycles. The number of halogens is 1. The first-order valence-corrected chi connectivity index (χ1v) is 6.64. The molecule has 1 N–H and O–H groups in total. The average Bonchev–Trinajstić information content (AvgIpc) is 2.15. The van der Waals surface area contributed by atoms with Gasteiger partial charge in [-0.05, 0) is 24.6 Å². The molecule has 17 heavy (non-hydrogen) atoms. The third kappa shape index (κ3) is 3.24. The van der Waals surface area contributed by atoms with Gasteiger partial charge in [0.05, 0.1) is 12.8 Å². The maximum Gasteiger partial charge on any atom is 0.301 e. The molecule has 96 valence electrons. The van der Waals surface area contributed by atoms with E-state index in [1.807, 2.05) is 0 Å². The normalized spacial score (nSPS) is 11.6. The molecule has 0 aromatic heterocycles. The molecular weight excluding hydrogens is 264 g/mol. The highest BCUT2D eigenvalue weighted by molar-refractivity contribution is 7.90. The minimum Gasteiger partial charge on any atom is -0.494 e. The molecule has 1 aromatic rings. The summed E-state index contributed by atoms with van der Waals surface area (Å²) in [5, 5.41) is 0.444. The molecule has 0 fully saturated rings. The Morgan fingerprint density at radius 3 is 2.41 bits per heavy atom. The molecule has 0 unspecified atom stereocenters. The lowest BCUT2D eigenvalue weighted by Gasteiger charge is -2.17. The average molecular weight is 279 g/mol. The van der Waals surface area contributed by atoms with Crippen molar-refractivity contribution >= 4 is 27.5 Å². The molecule has 5 nitrogen and oxygen atoms in total. The first kappa shape index (κ1) is 14.1. The largest absolute Gasteiger partial charge is 0.494 e. The molecule has 0 radical (unpaired) electrons. The van der Waals surface area contributed by atoms with Crippen molar-refractivity contribution < 1.29 is 13.2 Å². The second-order valence-electron chi connectivity index (χ2n) is 3.69. The summed E-state index contributed by atoms with van der Waals surface area (Å²) in [4.78, 5) is 0. The van der Waals surface area contributed by atoms with Gasteiger partial charge in [-0.1, -0.05) is 11.6 Å². The summed E-state index contributed by atoms with van der Waals surface area (Å²) in [6.07, 6.45) is 0. The molecule has 0 aliphatic heterocycles. The lowest BCUT2D eigenvalue weighted by atomic mass is 10.2. The standard InChI is InChI=1S/C10H15ClN2O3S/c1-7-5-8(11)6-9(10(7)16-4)12-17(14,15)13(2)3/h5-6,12H,1-4H3. The minimum atomic E-state index is -3.57. The SMILES string of the molecule is COc1c(C)cc(Cl)cc1NS(=O)(=O)N(C)C. The Morgan fingerprint density at radius 2 is 1.94 bits per heavy atom. The smallest absolute Gasteiger partial charge is 0.301 e. The zero-order chi connectivity index (χ0) is 13.2. The van der Waals surface area contributed by atoms with Crippen molar-refractivity contribution in [3.63, 3.8) is 0 Å². The first-order valence-electron chi connectivity index (χ1n) is 4.82. The van der Waals surface area contributed by atoms with Crippen LogP contribution in [0.2, 0.25) is 5.02 Å². The van der Waals surface area contributed by atoms with Gasteiger partial charge in [-0.3, -0.25) is 4.72 Å². The van der Waals surface area contributed by atoms with Crippen molar-refractivity contribution in [2.24, 2.45) is 0 Å². The maximum atomic E-state index is 11.7. The van der Waals surface area contributed by atoms with Gasteiger partial charge >= 0.3 is 10.2 Å². The molecule has 1 rings (SSSR count). The molecular formula is C10H15ClN2O3S. The summed E-state index contributed by atoms with van der Waals surface area (Å²) in [6.45, 7) is 1.79. The highest BCUT2D eigenvalue weighted by Gasteiger charge is 2.17. The molecule has 0 spiro atoms. The van der Waals surface area contributed by atoms with Crippen LogP contribution in [0.4, 0.5) is 5.69 Å². The van der Waals surface area contributed by atoms with E-state index in [1.54, 1.807) is 13.0 Å². The van der Waals surface area contributed by atoms with E-state index < -0.39 is 10.2 Å². The van der Waals surface area contributed by atoms with Gasteiger partial charge in [-0.25, -0.2) is 0 Å². The van der Waals surface area contributed by atoms with Gasteiger partial charge in [0.2, 0.25) is 0 Å². The molecule has 0 bridgehead atoms. The summed E-state index contributed by atoms with van der Waals surface area (Å²) >= 11 is 5.88. The molecule has 0 aliphatic rings. The van der Waals surface area contributed by atoms with Crippen LogP contribution in [0.15, 0.2) is 12.1 Å². The number of benzene rings is 1. The van der Waals surface area contributed by atoms with Crippen molar-refractivity contribution in [1.82, 2.24) is 4.31 Å². The van der Waals surface area contributed by atoms with Gasteiger partial charge in [0.1, 0.15) is 5.75 Å². The van der Waals surface area contributed by atoms with E-state index in [0.717, 1.165) is 9.87 Å². The quantitative estimate of drug-likeness (QED) is 0.915. The number of nitrogens with zero attached hydrogens (tertiary/aromatic N) is 1. The lowest BCUT2D eigenvalue weighted by Crippen LogP contribution is -2.29. The van der Waals surface area contributed by atoms with Crippen molar-refractivity contribution in [2.45, 2.75) is 6.92 Å². The maximum absolute atomic E-state index is 11.7. The number of nitrogens with one attached hydrogen (secondary N) is 1. The molecule has 0 saturated heterocycles. The Balaban J connectivity index is 3.23. The van der Waals surface area contributed by atoms with Crippen LogP contribution in [0.25, 0.3) is 0 Å². The number of methoxy groups -OCH3 is 1. The molecule has 0 amide bonds. The number of hydrogen-bond donors (Lipinski definition) is 1. The zero-order valence-corrected chi connectivity index (χ0v) is 11.7. The highest BCUT2D eigenvalue weighted by atomic mass is 35.5. The summed E-state index contributed by atoms with van der Waals surface area (Å²) in [6, 6.07) is 3.21. The highest BCUT2D eigenvalue weighted by Crippen LogP contribution is 2.32. The predicted molar refractivity (Wildman–Crippen MR) is 69.0 cm³/mol. The second kappa shape index (κ2) is 5.12. The minimum absolute atomic E-state index is 0.325. The number of hydrogen-bond acceptors (Lipinski definition) is 3. The van der Waals surface area contributed by atoms with Gasteiger partial charge in [0.25, 0.3) is 0 Å². The van der Waals surface area contributed by atoms with E-state index in [4.69, 9.17) is 16.3 Å². The second-order valence-corrected chi connectivity index (χ2v) is 6.01.